The third kappa shape index (κ3) is 4.90. The predicted molar refractivity (Wildman–Crippen MR) is 117 cm³/mol. The van der Waals surface area contributed by atoms with E-state index in [0.717, 1.165) is 57.5 Å². The van der Waals surface area contributed by atoms with Crippen LogP contribution < -0.4 is 15.8 Å². The monoisotopic (exact) mass is 409 g/mol. The first-order valence-electron chi connectivity index (χ1n) is 11.0. The molecule has 2 aliphatic rings. The number of fused-ring (bicyclic) bond motifs is 1. The lowest BCUT2D eigenvalue weighted by molar-refractivity contribution is -0.125. The van der Waals surface area contributed by atoms with Crippen LogP contribution in [0.25, 0.3) is 0 Å². The van der Waals surface area contributed by atoms with E-state index in [1.165, 1.54) is 15.8 Å². The number of anilines is 1. The Morgan fingerprint density at radius 1 is 1.23 bits per heavy atom. The highest BCUT2D eigenvalue weighted by atomic mass is 16.2. The molecule has 0 bridgehead atoms. The minimum Gasteiger partial charge on any atom is -0.369 e. The second kappa shape index (κ2) is 9.43. The van der Waals surface area contributed by atoms with Gasteiger partial charge in [-0.1, -0.05) is 24.3 Å². The topological polar surface area (TPSA) is 70.5 Å². The van der Waals surface area contributed by atoms with Crippen molar-refractivity contribution in [2.45, 2.75) is 32.2 Å². The second-order valence-corrected chi connectivity index (χ2v) is 8.40. The SMILES string of the molecule is Cn1ncc(N2CCCC(C(=O)NCCCN3CCc4ccccc4C3)C2)cc1=O. The van der Waals surface area contributed by atoms with Crippen LogP contribution >= 0.6 is 0 Å². The van der Waals surface area contributed by atoms with Crippen LogP contribution in [-0.4, -0.2) is 53.3 Å². The molecular formula is C23H31N5O2. The molecule has 7 heteroatoms. The van der Waals surface area contributed by atoms with Gasteiger partial charge in [-0.05, 0) is 36.8 Å². The van der Waals surface area contributed by atoms with Crippen molar-refractivity contribution in [2.75, 3.05) is 37.6 Å². The minimum atomic E-state index is -0.126. The number of hydrogen-bond donors (Lipinski definition) is 1. The molecule has 1 N–H and O–H groups in total. The van der Waals surface area contributed by atoms with Gasteiger partial charge in [-0.25, -0.2) is 4.68 Å². The normalized spacial score (nSPS) is 19.4. The highest BCUT2D eigenvalue weighted by Crippen LogP contribution is 2.22. The summed E-state index contributed by atoms with van der Waals surface area (Å²) in [6, 6.07) is 10.3. The van der Waals surface area contributed by atoms with Gasteiger partial charge >= 0.3 is 0 Å². The number of aromatic nitrogens is 2. The van der Waals surface area contributed by atoms with Crippen LogP contribution in [0.15, 0.2) is 41.3 Å². The van der Waals surface area contributed by atoms with Gasteiger partial charge < -0.3 is 10.2 Å². The lowest BCUT2D eigenvalue weighted by Crippen LogP contribution is -2.44. The molecular weight excluding hydrogens is 378 g/mol. The molecule has 0 spiro atoms. The van der Waals surface area contributed by atoms with E-state index in [2.05, 4.69) is 44.5 Å². The van der Waals surface area contributed by atoms with Gasteiger partial charge in [0.1, 0.15) is 0 Å². The molecule has 1 unspecified atom stereocenters. The number of amides is 1. The summed E-state index contributed by atoms with van der Waals surface area (Å²) >= 11 is 0. The van der Waals surface area contributed by atoms with E-state index < -0.39 is 0 Å². The summed E-state index contributed by atoms with van der Waals surface area (Å²) in [4.78, 5) is 29.1. The Labute approximate surface area is 177 Å². The van der Waals surface area contributed by atoms with Crippen molar-refractivity contribution in [3.8, 4) is 0 Å². The molecule has 1 fully saturated rings. The van der Waals surface area contributed by atoms with E-state index in [0.29, 0.717) is 13.1 Å². The predicted octanol–water partition coefficient (Wildman–Crippen LogP) is 1.56. The number of hydrogen-bond acceptors (Lipinski definition) is 5. The van der Waals surface area contributed by atoms with Gasteiger partial charge in [0, 0.05) is 52.4 Å². The number of carbonyl (C=O) groups excluding carboxylic acids is 1. The Morgan fingerprint density at radius 3 is 2.90 bits per heavy atom. The maximum absolute atomic E-state index is 12.7. The van der Waals surface area contributed by atoms with Gasteiger partial charge in [0.05, 0.1) is 17.8 Å². The molecule has 1 aromatic carbocycles. The summed E-state index contributed by atoms with van der Waals surface area (Å²) < 4.78 is 1.32. The van der Waals surface area contributed by atoms with Crippen LogP contribution in [0, 0.1) is 5.92 Å². The maximum Gasteiger partial charge on any atom is 0.268 e. The Bertz CT molecular complexity index is 941. The molecule has 2 aromatic rings. The van der Waals surface area contributed by atoms with E-state index in [-0.39, 0.29) is 17.4 Å². The lowest BCUT2D eigenvalue weighted by atomic mass is 9.96. The van der Waals surface area contributed by atoms with Crippen molar-refractivity contribution < 1.29 is 4.79 Å². The van der Waals surface area contributed by atoms with Crippen molar-refractivity contribution >= 4 is 11.6 Å². The van der Waals surface area contributed by atoms with Crippen LogP contribution in [0.2, 0.25) is 0 Å². The summed E-state index contributed by atoms with van der Waals surface area (Å²) in [7, 11) is 1.64. The van der Waals surface area contributed by atoms with Gasteiger partial charge in [0.25, 0.3) is 5.56 Å². The van der Waals surface area contributed by atoms with Crippen LogP contribution in [0.5, 0.6) is 0 Å². The highest BCUT2D eigenvalue weighted by molar-refractivity contribution is 5.79. The van der Waals surface area contributed by atoms with Crippen LogP contribution in [0.4, 0.5) is 5.69 Å². The smallest absolute Gasteiger partial charge is 0.268 e. The second-order valence-electron chi connectivity index (χ2n) is 8.40. The summed E-state index contributed by atoms with van der Waals surface area (Å²) in [5.41, 5.74) is 3.58. The van der Waals surface area contributed by atoms with Crippen molar-refractivity contribution in [1.29, 1.82) is 0 Å². The molecule has 1 atom stereocenters. The van der Waals surface area contributed by atoms with Crippen LogP contribution in [0.3, 0.4) is 0 Å². The third-order valence-corrected chi connectivity index (χ3v) is 6.27. The first-order chi connectivity index (χ1) is 14.6. The number of nitrogens with one attached hydrogen (secondary N) is 1. The Kier molecular flexibility index (Phi) is 6.47. The lowest BCUT2D eigenvalue weighted by Gasteiger charge is -2.33. The molecule has 3 heterocycles. The molecule has 160 valence electrons. The molecule has 1 aromatic heterocycles. The van der Waals surface area contributed by atoms with Gasteiger partial charge in [0.15, 0.2) is 0 Å². The number of carbonyl (C=O) groups is 1. The zero-order valence-electron chi connectivity index (χ0n) is 17.7. The number of rotatable bonds is 6. The van der Waals surface area contributed by atoms with E-state index in [1.54, 1.807) is 19.3 Å². The fourth-order valence-corrected chi connectivity index (χ4v) is 4.46. The molecule has 30 heavy (non-hydrogen) atoms. The molecule has 4 rings (SSSR count). The summed E-state index contributed by atoms with van der Waals surface area (Å²) in [6.45, 7) is 5.31. The first-order valence-corrected chi connectivity index (χ1v) is 11.0. The Morgan fingerprint density at radius 2 is 2.07 bits per heavy atom. The fraction of sp³-hybridized carbons (Fsp3) is 0.522. The molecule has 7 nitrogen and oxygen atoms in total. The number of benzene rings is 1. The van der Waals surface area contributed by atoms with Gasteiger partial charge in [0.2, 0.25) is 5.91 Å². The third-order valence-electron chi connectivity index (χ3n) is 6.27. The van der Waals surface area contributed by atoms with Gasteiger partial charge in [-0.3, -0.25) is 14.5 Å². The average Bonchev–Trinajstić information content (AvgIpc) is 2.78. The minimum absolute atomic E-state index is 0.0373. The molecule has 0 aliphatic carbocycles. The van der Waals surface area contributed by atoms with Crippen molar-refractivity contribution in [3.63, 3.8) is 0 Å². The molecule has 2 aliphatic heterocycles. The summed E-state index contributed by atoms with van der Waals surface area (Å²) in [5, 5.41) is 7.23. The van der Waals surface area contributed by atoms with Crippen LogP contribution in [0.1, 0.15) is 30.4 Å². The average molecular weight is 410 g/mol. The number of piperidine rings is 1. The van der Waals surface area contributed by atoms with E-state index in [4.69, 9.17) is 0 Å². The zero-order chi connectivity index (χ0) is 20.9. The number of aryl methyl sites for hydroxylation is 1. The Hall–Kier alpha value is -2.67. The van der Waals surface area contributed by atoms with E-state index >= 15 is 0 Å². The maximum atomic E-state index is 12.7. The van der Waals surface area contributed by atoms with Crippen LogP contribution in [-0.2, 0) is 24.8 Å². The fourth-order valence-electron chi connectivity index (χ4n) is 4.46. The van der Waals surface area contributed by atoms with E-state index in [1.807, 2.05) is 0 Å². The van der Waals surface area contributed by atoms with Crippen molar-refractivity contribution in [3.05, 3.63) is 58.0 Å². The van der Waals surface area contributed by atoms with Gasteiger partial charge in [-0.15, -0.1) is 0 Å². The standard InChI is InChI=1S/C23H31N5O2/c1-26-22(29)14-21(15-25-26)28-12-4-8-20(17-28)23(30)24-10-5-11-27-13-9-18-6-2-3-7-19(18)16-27/h2-3,6-7,14-15,20H,4-5,8-13,16-17H2,1H3,(H,24,30). The summed E-state index contributed by atoms with van der Waals surface area (Å²) in [5.74, 6) is 0.0881. The number of nitrogens with zero attached hydrogens (tertiary/aromatic N) is 4. The van der Waals surface area contributed by atoms with E-state index in [9.17, 15) is 9.59 Å². The summed E-state index contributed by atoms with van der Waals surface area (Å²) in [6.07, 6.45) is 5.61. The molecule has 0 radical (unpaired) electrons. The molecule has 0 saturated carbocycles. The quantitative estimate of drug-likeness (QED) is 0.734. The largest absolute Gasteiger partial charge is 0.369 e. The zero-order valence-corrected chi connectivity index (χ0v) is 17.7. The van der Waals surface area contributed by atoms with Gasteiger partial charge in [-0.2, -0.15) is 5.10 Å². The highest BCUT2D eigenvalue weighted by Gasteiger charge is 2.26. The molecule has 1 saturated heterocycles. The Balaban J connectivity index is 1.21. The molecule has 1 amide bonds. The van der Waals surface area contributed by atoms with Crippen molar-refractivity contribution in [2.24, 2.45) is 13.0 Å². The first kappa shape index (κ1) is 20.6. The van der Waals surface area contributed by atoms with Crippen molar-refractivity contribution in [1.82, 2.24) is 20.0 Å².